The Kier molecular flexibility index (Phi) is 7.40. The standard InChI is InChI=1S/C22H34N4O6/c1-4-32-19(29)16-9-8-12-25(13-16)18(28)14-23(2)17(27)15-26-20(30)22(24(3)21(26)31)10-6-5-7-11-22/h16H,4-15H2,1-3H3. The molecule has 1 saturated carbocycles. The van der Waals surface area contributed by atoms with Gasteiger partial charge in [0.05, 0.1) is 19.1 Å². The molecule has 0 bridgehead atoms. The van der Waals surface area contributed by atoms with Crippen LogP contribution in [-0.4, -0.2) is 102 Å². The Balaban J connectivity index is 1.56. The first kappa shape index (κ1) is 24.0. The quantitative estimate of drug-likeness (QED) is 0.438. The third-order valence-electron chi connectivity index (χ3n) is 6.97. The Morgan fingerprint density at radius 3 is 2.47 bits per heavy atom. The third-order valence-corrected chi connectivity index (χ3v) is 6.97. The number of hydrogen-bond acceptors (Lipinski definition) is 6. The molecule has 10 heteroatoms. The van der Waals surface area contributed by atoms with Crippen LogP contribution in [0.15, 0.2) is 0 Å². The van der Waals surface area contributed by atoms with E-state index in [1.165, 1.54) is 16.8 Å². The summed E-state index contributed by atoms with van der Waals surface area (Å²) in [6, 6.07) is -0.460. The molecule has 0 aromatic carbocycles. The number of esters is 1. The number of hydrogen-bond donors (Lipinski definition) is 0. The molecule has 1 spiro atoms. The maximum atomic E-state index is 13.1. The molecule has 2 saturated heterocycles. The van der Waals surface area contributed by atoms with Crippen LogP contribution < -0.4 is 0 Å². The lowest BCUT2D eigenvalue weighted by Crippen LogP contribution is -2.50. The van der Waals surface area contributed by atoms with E-state index in [1.54, 1.807) is 18.9 Å². The van der Waals surface area contributed by atoms with Gasteiger partial charge in [-0.05, 0) is 32.6 Å². The number of carbonyl (C=O) groups is 5. The van der Waals surface area contributed by atoms with Crippen molar-refractivity contribution in [2.45, 2.75) is 57.4 Å². The van der Waals surface area contributed by atoms with E-state index in [0.29, 0.717) is 38.8 Å². The molecule has 178 valence electrons. The van der Waals surface area contributed by atoms with Crippen molar-refractivity contribution in [1.29, 1.82) is 0 Å². The zero-order valence-electron chi connectivity index (χ0n) is 19.3. The minimum Gasteiger partial charge on any atom is -0.466 e. The molecule has 2 aliphatic heterocycles. The second-order valence-corrected chi connectivity index (χ2v) is 9.01. The molecule has 10 nitrogen and oxygen atoms in total. The van der Waals surface area contributed by atoms with Gasteiger partial charge in [0.2, 0.25) is 11.8 Å². The molecule has 5 amide bonds. The Labute approximate surface area is 188 Å². The number of urea groups is 1. The van der Waals surface area contributed by atoms with Gasteiger partial charge in [-0.2, -0.15) is 0 Å². The Bertz CT molecular complexity index is 778. The van der Waals surface area contributed by atoms with E-state index >= 15 is 0 Å². The predicted octanol–water partition coefficient (Wildman–Crippen LogP) is 0.843. The van der Waals surface area contributed by atoms with Gasteiger partial charge < -0.3 is 19.4 Å². The van der Waals surface area contributed by atoms with E-state index in [-0.39, 0.29) is 43.3 Å². The van der Waals surface area contributed by atoms with Gasteiger partial charge in [0, 0.05) is 27.2 Å². The molecule has 0 N–H and O–H groups in total. The fraction of sp³-hybridized carbons (Fsp3) is 0.773. The average Bonchev–Trinajstić information content (AvgIpc) is 2.96. The molecule has 2 heterocycles. The summed E-state index contributed by atoms with van der Waals surface area (Å²) < 4.78 is 5.06. The minimum atomic E-state index is -0.833. The van der Waals surface area contributed by atoms with Crippen LogP contribution in [-0.2, 0) is 23.9 Å². The van der Waals surface area contributed by atoms with Gasteiger partial charge in [-0.1, -0.05) is 19.3 Å². The van der Waals surface area contributed by atoms with Crippen molar-refractivity contribution in [1.82, 2.24) is 19.6 Å². The van der Waals surface area contributed by atoms with Crippen LogP contribution in [0.1, 0.15) is 51.9 Å². The van der Waals surface area contributed by atoms with Crippen LogP contribution in [0.5, 0.6) is 0 Å². The minimum absolute atomic E-state index is 0.175. The van der Waals surface area contributed by atoms with Gasteiger partial charge in [0.15, 0.2) is 0 Å². The fourth-order valence-electron chi connectivity index (χ4n) is 4.97. The van der Waals surface area contributed by atoms with Crippen LogP contribution >= 0.6 is 0 Å². The molecule has 0 radical (unpaired) electrons. The fourth-order valence-corrected chi connectivity index (χ4v) is 4.97. The number of nitrogens with zero attached hydrogens (tertiary/aromatic N) is 4. The Hall–Kier alpha value is -2.65. The monoisotopic (exact) mass is 450 g/mol. The number of likely N-dealkylation sites (N-methyl/N-ethyl adjacent to an activating group) is 2. The molecule has 3 fully saturated rings. The van der Waals surface area contributed by atoms with Crippen molar-refractivity contribution >= 4 is 29.7 Å². The predicted molar refractivity (Wildman–Crippen MR) is 114 cm³/mol. The average molecular weight is 451 g/mol. The van der Waals surface area contributed by atoms with Crippen molar-refractivity contribution in [3.05, 3.63) is 0 Å². The first-order valence-corrected chi connectivity index (χ1v) is 11.5. The molecular weight excluding hydrogens is 416 g/mol. The highest BCUT2D eigenvalue weighted by Crippen LogP contribution is 2.39. The van der Waals surface area contributed by atoms with Gasteiger partial charge in [-0.15, -0.1) is 0 Å². The number of imide groups is 1. The van der Waals surface area contributed by atoms with Crippen molar-refractivity contribution in [3.63, 3.8) is 0 Å². The summed E-state index contributed by atoms with van der Waals surface area (Å²) in [7, 11) is 3.11. The van der Waals surface area contributed by atoms with Crippen molar-refractivity contribution < 1.29 is 28.7 Å². The summed E-state index contributed by atoms with van der Waals surface area (Å²) in [5, 5.41) is 0. The summed E-state index contributed by atoms with van der Waals surface area (Å²) in [6.45, 7) is 2.28. The number of amides is 5. The first-order valence-electron chi connectivity index (χ1n) is 11.5. The summed E-state index contributed by atoms with van der Waals surface area (Å²) in [5.41, 5.74) is -0.833. The summed E-state index contributed by atoms with van der Waals surface area (Å²) in [5.74, 6) is -1.71. The summed E-state index contributed by atoms with van der Waals surface area (Å²) in [6.07, 6.45) is 5.38. The second kappa shape index (κ2) is 9.87. The van der Waals surface area contributed by atoms with Crippen LogP contribution in [0.25, 0.3) is 0 Å². The largest absolute Gasteiger partial charge is 0.466 e. The Morgan fingerprint density at radius 1 is 1.12 bits per heavy atom. The third kappa shape index (κ3) is 4.59. The van der Waals surface area contributed by atoms with Gasteiger partial charge >= 0.3 is 12.0 Å². The molecule has 1 aliphatic carbocycles. The topological polar surface area (TPSA) is 108 Å². The van der Waals surface area contributed by atoms with Gasteiger partial charge in [0.25, 0.3) is 5.91 Å². The van der Waals surface area contributed by atoms with Gasteiger partial charge in [-0.3, -0.25) is 24.1 Å². The van der Waals surface area contributed by atoms with E-state index < -0.39 is 17.5 Å². The van der Waals surface area contributed by atoms with Gasteiger partial charge in [-0.25, -0.2) is 4.79 Å². The van der Waals surface area contributed by atoms with E-state index in [1.807, 2.05) is 0 Å². The number of likely N-dealkylation sites (tertiary alicyclic amines) is 1. The highest BCUT2D eigenvalue weighted by molar-refractivity contribution is 6.09. The Morgan fingerprint density at radius 2 is 1.81 bits per heavy atom. The molecule has 32 heavy (non-hydrogen) atoms. The molecule has 0 aromatic heterocycles. The smallest absolute Gasteiger partial charge is 0.327 e. The number of carbonyl (C=O) groups excluding carboxylic acids is 5. The first-order chi connectivity index (χ1) is 15.2. The number of rotatable bonds is 6. The van der Waals surface area contributed by atoms with Gasteiger partial charge in [0.1, 0.15) is 12.1 Å². The summed E-state index contributed by atoms with van der Waals surface area (Å²) >= 11 is 0. The second-order valence-electron chi connectivity index (χ2n) is 9.01. The highest BCUT2D eigenvalue weighted by atomic mass is 16.5. The zero-order chi connectivity index (χ0) is 23.5. The van der Waals surface area contributed by atoms with Crippen LogP contribution in [0.3, 0.4) is 0 Å². The lowest BCUT2D eigenvalue weighted by atomic mass is 9.81. The molecule has 3 aliphatic rings. The van der Waals surface area contributed by atoms with Crippen molar-refractivity contribution in [3.8, 4) is 0 Å². The number of ether oxygens (including phenoxy) is 1. The molecular formula is C22H34N4O6. The lowest BCUT2D eigenvalue weighted by Gasteiger charge is -2.35. The summed E-state index contributed by atoms with van der Waals surface area (Å²) in [4.78, 5) is 68.6. The van der Waals surface area contributed by atoms with Crippen LogP contribution in [0, 0.1) is 5.92 Å². The van der Waals surface area contributed by atoms with Crippen LogP contribution in [0.4, 0.5) is 4.79 Å². The molecule has 1 atom stereocenters. The SMILES string of the molecule is CCOC(=O)C1CCCN(C(=O)CN(C)C(=O)CN2C(=O)N(C)C3(CCCCC3)C2=O)C1. The van der Waals surface area contributed by atoms with Crippen molar-refractivity contribution in [2.75, 3.05) is 46.9 Å². The molecule has 1 unspecified atom stereocenters. The molecule has 0 aromatic rings. The van der Waals surface area contributed by atoms with E-state index in [9.17, 15) is 24.0 Å². The van der Waals surface area contributed by atoms with Crippen LogP contribution in [0.2, 0.25) is 0 Å². The molecule has 3 rings (SSSR count). The number of piperidine rings is 1. The van der Waals surface area contributed by atoms with E-state index in [0.717, 1.165) is 24.2 Å². The maximum absolute atomic E-state index is 13.1. The lowest BCUT2D eigenvalue weighted by molar-refractivity contribution is -0.152. The van der Waals surface area contributed by atoms with Crippen molar-refractivity contribution in [2.24, 2.45) is 5.92 Å². The van der Waals surface area contributed by atoms with E-state index in [4.69, 9.17) is 4.74 Å². The highest BCUT2D eigenvalue weighted by Gasteiger charge is 2.56. The van der Waals surface area contributed by atoms with E-state index in [2.05, 4.69) is 0 Å². The maximum Gasteiger partial charge on any atom is 0.327 e. The zero-order valence-corrected chi connectivity index (χ0v) is 19.3. The normalized spacial score (nSPS) is 23.0.